The lowest BCUT2D eigenvalue weighted by molar-refractivity contribution is -0.137. The Labute approximate surface area is 229 Å². The van der Waals surface area contributed by atoms with E-state index in [-0.39, 0.29) is 35.7 Å². The Hall–Kier alpha value is -4.12. The molecule has 3 aromatic rings. The Morgan fingerprint density at radius 3 is 2.52 bits per heavy atom. The molecule has 5 rings (SSSR count). The molecule has 2 heterocycles. The number of allylic oxidation sites excluding steroid dienone is 4. The largest absolute Gasteiger partial charge is 0.506 e. The number of phenolic OH excluding ortho intramolecular Hbond substituents is 1. The summed E-state index contributed by atoms with van der Waals surface area (Å²) in [4.78, 5) is 19.2. The number of amides is 1. The summed E-state index contributed by atoms with van der Waals surface area (Å²) in [6.07, 6.45) is 5.20. The van der Waals surface area contributed by atoms with Crippen LogP contribution < -0.4 is 9.62 Å². The van der Waals surface area contributed by atoms with Crippen LogP contribution in [0.25, 0.3) is 11.3 Å². The number of halogens is 3. The predicted octanol–water partition coefficient (Wildman–Crippen LogP) is 5.89. The molecule has 0 saturated carbocycles. The number of aromatic hydroxyl groups is 1. The van der Waals surface area contributed by atoms with E-state index in [4.69, 9.17) is 0 Å². The molecule has 1 aromatic heterocycles. The van der Waals surface area contributed by atoms with Gasteiger partial charge in [-0.15, -0.1) is 0 Å². The van der Waals surface area contributed by atoms with Crippen LogP contribution in [0, 0.1) is 5.92 Å². The van der Waals surface area contributed by atoms with Crippen LogP contribution in [0.15, 0.2) is 73.0 Å². The molecule has 208 valence electrons. The monoisotopic (exact) mass is 569 g/mol. The normalized spacial score (nSPS) is 19.0. The summed E-state index contributed by atoms with van der Waals surface area (Å²) in [5.74, 6) is -0.930. The smallest absolute Gasteiger partial charge is 0.417 e. The number of fused-ring (bicyclic) bond motifs is 1. The predicted molar refractivity (Wildman–Crippen MR) is 147 cm³/mol. The van der Waals surface area contributed by atoms with Gasteiger partial charge in [0, 0.05) is 35.5 Å². The van der Waals surface area contributed by atoms with E-state index in [0.717, 1.165) is 24.1 Å². The summed E-state index contributed by atoms with van der Waals surface area (Å²) in [6.45, 7) is 2.22. The van der Waals surface area contributed by atoms with Crippen molar-refractivity contribution >= 4 is 27.3 Å². The fourth-order valence-electron chi connectivity index (χ4n) is 5.09. The summed E-state index contributed by atoms with van der Waals surface area (Å²) in [7, 11) is -3.66. The zero-order valence-corrected chi connectivity index (χ0v) is 22.4. The molecule has 0 fully saturated rings. The highest BCUT2D eigenvalue weighted by molar-refractivity contribution is 7.92. The van der Waals surface area contributed by atoms with E-state index in [1.54, 1.807) is 18.2 Å². The number of anilines is 2. The number of nitrogens with one attached hydrogen (secondary N) is 1. The lowest BCUT2D eigenvalue weighted by atomic mass is 9.81. The van der Waals surface area contributed by atoms with Crippen molar-refractivity contribution in [2.75, 3.05) is 22.4 Å². The maximum Gasteiger partial charge on any atom is 0.417 e. The van der Waals surface area contributed by atoms with E-state index in [2.05, 4.69) is 9.71 Å². The van der Waals surface area contributed by atoms with Gasteiger partial charge < -0.3 is 10.0 Å². The Morgan fingerprint density at radius 2 is 1.82 bits per heavy atom. The number of alkyl halides is 3. The average Bonchev–Trinajstić information content (AvgIpc) is 2.89. The molecule has 1 aliphatic carbocycles. The molecule has 11 heteroatoms. The van der Waals surface area contributed by atoms with E-state index in [0.29, 0.717) is 34.5 Å². The van der Waals surface area contributed by atoms with Crippen LogP contribution in [0.4, 0.5) is 24.5 Å². The number of rotatable bonds is 5. The van der Waals surface area contributed by atoms with Crippen molar-refractivity contribution in [2.24, 2.45) is 5.92 Å². The second-order valence-corrected chi connectivity index (χ2v) is 11.7. The molecule has 0 radical (unpaired) electrons. The summed E-state index contributed by atoms with van der Waals surface area (Å²) < 4.78 is 66.3. The number of sulfonamides is 1. The number of hydrogen-bond acceptors (Lipinski definition) is 5. The zero-order chi connectivity index (χ0) is 28.8. The van der Waals surface area contributed by atoms with Gasteiger partial charge in [-0.1, -0.05) is 37.3 Å². The molecule has 7 nitrogen and oxygen atoms in total. The van der Waals surface area contributed by atoms with Gasteiger partial charge >= 0.3 is 6.18 Å². The molecule has 2 aliphatic rings. The van der Waals surface area contributed by atoms with Gasteiger partial charge in [0.2, 0.25) is 10.0 Å². The molecule has 1 amide bonds. The summed E-state index contributed by atoms with van der Waals surface area (Å²) in [5, 5.41) is 10.0. The maximum atomic E-state index is 13.6. The number of carbonyl (C=O) groups is 1. The highest BCUT2D eigenvalue weighted by Crippen LogP contribution is 2.40. The van der Waals surface area contributed by atoms with E-state index in [1.165, 1.54) is 23.1 Å². The first-order chi connectivity index (χ1) is 18.8. The van der Waals surface area contributed by atoms with Crippen molar-refractivity contribution in [3.05, 3.63) is 95.2 Å². The third kappa shape index (κ3) is 5.46. The number of pyridine rings is 1. The molecule has 2 unspecified atom stereocenters. The van der Waals surface area contributed by atoms with Crippen LogP contribution in [0.2, 0.25) is 0 Å². The Morgan fingerprint density at radius 1 is 1.07 bits per heavy atom. The Bertz CT molecular complexity index is 1670. The highest BCUT2D eigenvalue weighted by atomic mass is 32.2. The molecule has 2 aromatic carbocycles. The third-order valence-corrected chi connectivity index (χ3v) is 7.65. The van der Waals surface area contributed by atoms with Gasteiger partial charge in [-0.25, -0.2) is 8.42 Å². The van der Waals surface area contributed by atoms with Gasteiger partial charge in [0.1, 0.15) is 5.75 Å². The van der Waals surface area contributed by atoms with Gasteiger partial charge in [0.25, 0.3) is 5.91 Å². The van der Waals surface area contributed by atoms with Crippen molar-refractivity contribution in [3.8, 4) is 17.0 Å². The van der Waals surface area contributed by atoms with Crippen LogP contribution in [0.5, 0.6) is 5.75 Å². The van der Waals surface area contributed by atoms with Gasteiger partial charge in [0.15, 0.2) is 0 Å². The van der Waals surface area contributed by atoms with Gasteiger partial charge in [-0.2, -0.15) is 13.2 Å². The topological polar surface area (TPSA) is 99.6 Å². The first-order valence-electron chi connectivity index (χ1n) is 12.5. The molecule has 40 heavy (non-hydrogen) atoms. The minimum atomic E-state index is -4.53. The molecular weight excluding hydrogens is 543 g/mol. The summed E-state index contributed by atoms with van der Waals surface area (Å²) in [5.41, 5.74) is 2.19. The third-order valence-electron chi connectivity index (χ3n) is 7.06. The Kier molecular flexibility index (Phi) is 6.95. The van der Waals surface area contributed by atoms with Gasteiger partial charge in [-0.3, -0.25) is 14.5 Å². The van der Waals surface area contributed by atoms with Crippen LogP contribution in [0.1, 0.15) is 39.9 Å². The van der Waals surface area contributed by atoms with Crippen LogP contribution in [-0.4, -0.2) is 37.2 Å². The van der Waals surface area contributed by atoms with E-state index in [9.17, 15) is 31.5 Å². The standard InChI is InChI=1S/C29H26F3N3O4S/c1-17-5-3-4-6-22(17)24-14-20(29(30,31)32)16-33-27(24)19-7-9-23-18(13-19)11-12-35(28(23)37)21-8-10-26(36)25(15-21)34-40(2,38)39/h3-10,13-17,22,34,36H,11-12H2,1-2H3. The number of phenols is 1. The Balaban J connectivity index is 1.50. The molecule has 1 aliphatic heterocycles. The zero-order valence-electron chi connectivity index (χ0n) is 21.6. The first-order valence-corrected chi connectivity index (χ1v) is 14.4. The molecule has 2 atom stereocenters. The SMILES string of the molecule is CC1C=CC=CC1c1cc(C(F)(F)F)cnc1-c1ccc2c(c1)CCN(c1ccc(O)c(NS(C)(=O)=O)c1)C2=O. The fourth-order valence-corrected chi connectivity index (χ4v) is 5.66. The molecule has 0 bridgehead atoms. The van der Waals surface area contributed by atoms with Crippen molar-refractivity contribution in [2.45, 2.75) is 25.4 Å². The number of hydrogen-bond donors (Lipinski definition) is 2. The minimum absolute atomic E-state index is 0.0332. The van der Waals surface area contributed by atoms with Gasteiger partial charge in [0.05, 0.1) is 23.2 Å². The van der Waals surface area contributed by atoms with Crippen molar-refractivity contribution in [1.82, 2.24) is 4.98 Å². The lowest BCUT2D eigenvalue weighted by Gasteiger charge is -2.30. The summed E-state index contributed by atoms with van der Waals surface area (Å²) >= 11 is 0. The van der Waals surface area contributed by atoms with Crippen molar-refractivity contribution in [3.63, 3.8) is 0 Å². The minimum Gasteiger partial charge on any atom is -0.506 e. The molecule has 0 saturated heterocycles. The molecule has 0 spiro atoms. The quantitative estimate of drug-likeness (QED) is 0.373. The summed E-state index contributed by atoms with van der Waals surface area (Å²) in [6, 6.07) is 10.5. The van der Waals surface area contributed by atoms with Crippen LogP contribution in [0.3, 0.4) is 0 Å². The fraction of sp³-hybridized carbons (Fsp3) is 0.241. The molecular formula is C29H26F3N3O4S. The van der Waals surface area contributed by atoms with Crippen molar-refractivity contribution < 1.29 is 31.5 Å². The molecule has 2 N–H and O–H groups in total. The maximum absolute atomic E-state index is 13.6. The van der Waals surface area contributed by atoms with E-state index in [1.807, 2.05) is 31.2 Å². The second-order valence-electron chi connectivity index (χ2n) is 9.97. The number of nitrogens with zero attached hydrogens (tertiary/aromatic N) is 2. The number of carbonyl (C=O) groups excluding carboxylic acids is 1. The van der Waals surface area contributed by atoms with Crippen LogP contribution in [-0.2, 0) is 22.6 Å². The van der Waals surface area contributed by atoms with Gasteiger partial charge in [-0.05, 0) is 59.9 Å². The second kappa shape index (κ2) is 10.1. The first kappa shape index (κ1) is 27.4. The highest BCUT2D eigenvalue weighted by Gasteiger charge is 2.34. The average molecular weight is 570 g/mol. The van der Waals surface area contributed by atoms with E-state index < -0.39 is 21.8 Å². The van der Waals surface area contributed by atoms with Crippen LogP contribution >= 0.6 is 0 Å². The lowest BCUT2D eigenvalue weighted by Crippen LogP contribution is -2.37. The van der Waals surface area contributed by atoms with E-state index >= 15 is 0 Å². The number of benzene rings is 2. The van der Waals surface area contributed by atoms with Crippen molar-refractivity contribution in [1.29, 1.82) is 0 Å². The number of aromatic nitrogens is 1.